The maximum absolute atomic E-state index is 5.41. The normalized spacial score (nSPS) is 18.2. The SMILES string of the molecule is Cc1cc(C=CCN2CCOCC2)ccc1Nc1nc(NC2CCCCC2)c2[nH]cnc2n1. The molecule has 3 N–H and O–H groups in total. The van der Waals surface area contributed by atoms with Gasteiger partial charge in [-0.3, -0.25) is 4.90 Å². The number of nitrogens with zero attached hydrogens (tertiary/aromatic N) is 4. The van der Waals surface area contributed by atoms with E-state index in [0.717, 1.165) is 55.4 Å². The van der Waals surface area contributed by atoms with Crippen molar-refractivity contribution in [3.63, 3.8) is 0 Å². The summed E-state index contributed by atoms with van der Waals surface area (Å²) in [6, 6.07) is 6.86. The van der Waals surface area contributed by atoms with Crippen LogP contribution < -0.4 is 10.6 Å². The zero-order valence-electron chi connectivity index (χ0n) is 19.3. The molecule has 8 nitrogen and oxygen atoms in total. The average molecular weight is 448 g/mol. The summed E-state index contributed by atoms with van der Waals surface area (Å²) in [5.74, 6) is 1.39. The minimum Gasteiger partial charge on any atom is -0.379 e. The van der Waals surface area contributed by atoms with Gasteiger partial charge >= 0.3 is 0 Å². The first-order chi connectivity index (χ1) is 16.2. The third-order valence-corrected chi connectivity index (χ3v) is 6.51. The number of morpholine rings is 1. The predicted molar refractivity (Wildman–Crippen MR) is 133 cm³/mol. The molecule has 1 aliphatic heterocycles. The molecular weight excluding hydrogens is 414 g/mol. The highest BCUT2D eigenvalue weighted by Gasteiger charge is 2.17. The second-order valence-electron chi connectivity index (χ2n) is 8.99. The Morgan fingerprint density at radius 3 is 2.82 bits per heavy atom. The van der Waals surface area contributed by atoms with Crippen molar-refractivity contribution in [2.45, 2.75) is 45.1 Å². The Labute approximate surface area is 194 Å². The fraction of sp³-hybridized carbons (Fsp3) is 0.480. The number of aromatic nitrogens is 4. The summed E-state index contributed by atoms with van der Waals surface area (Å²) in [4.78, 5) is 19.4. The minimum absolute atomic E-state index is 0.457. The van der Waals surface area contributed by atoms with Crippen LogP contribution in [-0.2, 0) is 4.74 Å². The number of aromatic amines is 1. The van der Waals surface area contributed by atoms with Crippen LogP contribution in [0.3, 0.4) is 0 Å². The van der Waals surface area contributed by atoms with E-state index in [1.54, 1.807) is 6.33 Å². The van der Waals surface area contributed by atoms with Crippen molar-refractivity contribution in [2.75, 3.05) is 43.5 Å². The van der Waals surface area contributed by atoms with Gasteiger partial charge < -0.3 is 20.4 Å². The summed E-state index contributed by atoms with van der Waals surface area (Å²) < 4.78 is 5.41. The maximum atomic E-state index is 5.41. The summed E-state index contributed by atoms with van der Waals surface area (Å²) in [5.41, 5.74) is 4.87. The standard InChI is InChI=1S/C25H33N7O/c1-18-16-19(6-5-11-32-12-14-33-15-13-32)9-10-21(18)29-25-30-23-22(26-17-27-23)24(31-25)28-20-7-3-2-4-8-20/h5-6,9-10,16-17,20H,2-4,7-8,11-15H2,1H3,(H3,26,27,28,29,30,31). The second-order valence-corrected chi connectivity index (χ2v) is 8.99. The van der Waals surface area contributed by atoms with Gasteiger partial charge in [-0.15, -0.1) is 0 Å². The van der Waals surface area contributed by atoms with Gasteiger partial charge in [-0.1, -0.05) is 37.5 Å². The topological polar surface area (TPSA) is 91.0 Å². The van der Waals surface area contributed by atoms with Crippen LogP contribution in [0.4, 0.5) is 17.5 Å². The van der Waals surface area contributed by atoms with Crippen molar-refractivity contribution in [1.29, 1.82) is 0 Å². The zero-order chi connectivity index (χ0) is 22.5. The summed E-state index contributed by atoms with van der Waals surface area (Å²) in [6.07, 6.45) is 12.3. The summed E-state index contributed by atoms with van der Waals surface area (Å²) in [7, 11) is 0. The number of benzene rings is 1. The Kier molecular flexibility index (Phi) is 6.83. The molecule has 0 spiro atoms. The third-order valence-electron chi connectivity index (χ3n) is 6.51. The van der Waals surface area contributed by atoms with E-state index >= 15 is 0 Å². The number of fused-ring (bicyclic) bond motifs is 1. The molecule has 1 aliphatic carbocycles. The summed E-state index contributed by atoms with van der Waals surface area (Å²) in [5, 5.41) is 7.03. The molecule has 2 aromatic heterocycles. The van der Waals surface area contributed by atoms with Crippen LogP contribution in [0.1, 0.15) is 43.2 Å². The van der Waals surface area contributed by atoms with E-state index in [4.69, 9.17) is 9.72 Å². The smallest absolute Gasteiger partial charge is 0.231 e. The van der Waals surface area contributed by atoms with Gasteiger partial charge in [0.05, 0.1) is 19.5 Å². The molecule has 0 radical (unpaired) electrons. The van der Waals surface area contributed by atoms with Crippen LogP contribution in [0.2, 0.25) is 0 Å². The maximum Gasteiger partial charge on any atom is 0.231 e. The molecule has 8 heteroatoms. The Bertz CT molecular complexity index is 1100. The van der Waals surface area contributed by atoms with Crippen molar-refractivity contribution < 1.29 is 4.74 Å². The number of hydrogen-bond donors (Lipinski definition) is 3. The number of H-pyrrole nitrogens is 1. The van der Waals surface area contributed by atoms with Crippen molar-refractivity contribution in [3.05, 3.63) is 41.7 Å². The number of rotatable bonds is 7. The molecule has 174 valence electrons. The van der Waals surface area contributed by atoms with Gasteiger partial charge in [0.1, 0.15) is 5.52 Å². The van der Waals surface area contributed by atoms with Gasteiger partial charge in [0.15, 0.2) is 11.5 Å². The Morgan fingerprint density at radius 1 is 1.15 bits per heavy atom. The van der Waals surface area contributed by atoms with Gasteiger partial charge in [0.25, 0.3) is 0 Å². The van der Waals surface area contributed by atoms with E-state index in [1.807, 2.05) is 0 Å². The van der Waals surface area contributed by atoms with Crippen LogP contribution >= 0.6 is 0 Å². The molecule has 0 atom stereocenters. The van der Waals surface area contributed by atoms with Crippen molar-refractivity contribution in [1.82, 2.24) is 24.8 Å². The molecule has 0 amide bonds. The minimum atomic E-state index is 0.457. The zero-order valence-corrected chi connectivity index (χ0v) is 19.3. The van der Waals surface area contributed by atoms with Gasteiger partial charge in [-0.05, 0) is 43.0 Å². The highest BCUT2D eigenvalue weighted by Crippen LogP contribution is 2.27. The van der Waals surface area contributed by atoms with Gasteiger partial charge in [-0.2, -0.15) is 9.97 Å². The number of aryl methyl sites for hydroxylation is 1. The number of imidazole rings is 1. The fourth-order valence-corrected chi connectivity index (χ4v) is 4.61. The quantitative estimate of drug-likeness (QED) is 0.491. The van der Waals surface area contributed by atoms with Gasteiger partial charge in [-0.25, -0.2) is 4.98 Å². The van der Waals surface area contributed by atoms with Crippen LogP contribution in [0.5, 0.6) is 0 Å². The number of anilines is 3. The first kappa shape index (κ1) is 21.9. The largest absolute Gasteiger partial charge is 0.379 e. The second kappa shape index (κ2) is 10.3. The molecule has 33 heavy (non-hydrogen) atoms. The molecule has 1 saturated carbocycles. The van der Waals surface area contributed by atoms with Crippen LogP contribution in [0, 0.1) is 6.92 Å². The molecule has 3 aromatic rings. The molecule has 1 saturated heterocycles. The average Bonchev–Trinajstić information content (AvgIpc) is 3.31. The summed E-state index contributed by atoms with van der Waals surface area (Å²) in [6.45, 7) is 6.73. The predicted octanol–water partition coefficient (Wildman–Crippen LogP) is 4.49. The lowest BCUT2D eigenvalue weighted by atomic mass is 9.95. The van der Waals surface area contributed by atoms with Gasteiger partial charge in [0.2, 0.25) is 5.95 Å². The molecule has 2 fully saturated rings. The molecule has 0 unspecified atom stereocenters. The van der Waals surface area contributed by atoms with Gasteiger partial charge in [0, 0.05) is 31.4 Å². The summed E-state index contributed by atoms with van der Waals surface area (Å²) >= 11 is 0. The highest BCUT2D eigenvalue weighted by atomic mass is 16.5. The molecular formula is C25H33N7O. The Hall–Kier alpha value is -2.97. The molecule has 1 aromatic carbocycles. The lowest BCUT2D eigenvalue weighted by Gasteiger charge is -2.25. The van der Waals surface area contributed by atoms with Crippen LogP contribution in [-0.4, -0.2) is 63.7 Å². The molecule has 5 rings (SSSR count). The third kappa shape index (κ3) is 5.51. The first-order valence-corrected chi connectivity index (χ1v) is 12.1. The monoisotopic (exact) mass is 447 g/mol. The fourth-order valence-electron chi connectivity index (χ4n) is 4.61. The van der Waals surface area contributed by atoms with E-state index < -0.39 is 0 Å². The first-order valence-electron chi connectivity index (χ1n) is 12.1. The van der Waals surface area contributed by atoms with Crippen molar-refractivity contribution in [2.24, 2.45) is 0 Å². The number of nitrogens with one attached hydrogen (secondary N) is 3. The number of ether oxygens (including phenoxy) is 1. The lowest BCUT2D eigenvalue weighted by Crippen LogP contribution is -2.36. The van der Waals surface area contributed by atoms with E-state index in [9.17, 15) is 0 Å². The van der Waals surface area contributed by atoms with Crippen LogP contribution in [0.15, 0.2) is 30.6 Å². The number of hydrogen-bond acceptors (Lipinski definition) is 7. The van der Waals surface area contributed by atoms with E-state index in [2.05, 4.69) is 67.8 Å². The molecule has 2 aliphatic rings. The molecule has 3 heterocycles. The van der Waals surface area contributed by atoms with E-state index in [1.165, 1.54) is 37.7 Å². The van der Waals surface area contributed by atoms with E-state index in [0.29, 0.717) is 17.6 Å². The lowest BCUT2D eigenvalue weighted by molar-refractivity contribution is 0.0435. The van der Waals surface area contributed by atoms with Crippen molar-refractivity contribution >= 4 is 34.7 Å². The Balaban J connectivity index is 1.28. The van der Waals surface area contributed by atoms with Crippen LogP contribution in [0.25, 0.3) is 17.2 Å². The molecule has 0 bridgehead atoms. The van der Waals surface area contributed by atoms with E-state index in [-0.39, 0.29) is 0 Å². The Morgan fingerprint density at radius 2 is 2.00 bits per heavy atom. The van der Waals surface area contributed by atoms with Crippen molar-refractivity contribution in [3.8, 4) is 0 Å². The highest BCUT2D eigenvalue weighted by molar-refractivity contribution is 5.84.